The zero-order chi connectivity index (χ0) is 70.5. The molecule has 504 valence electrons. The van der Waals surface area contributed by atoms with E-state index >= 15 is 0 Å². The van der Waals surface area contributed by atoms with Crippen molar-refractivity contribution in [3.8, 4) is 11.1 Å². The largest absolute Gasteiger partial charge is 0.459 e. The monoisotopic (exact) mass is 1300 g/mol. The number of ether oxygens (including phenoxy) is 1. The Kier molecular flexibility index (Phi) is 38.0. The molecule has 93 heavy (non-hydrogen) atoms. The molecule has 0 aromatic heterocycles. The van der Waals surface area contributed by atoms with E-state index in [0.717, 1.165) is 44.5 Å². The molecule has 0 saturated heterocycles. The van der Waals surface area contributed by atoms with Crippen molar-refractivity contribution in [1.29, 1.82) is 10.8 Å². The molecule has 2 amide bonds. The van der Waals surface area contributed by atoms with Crippen LogP contribution in [0, 0.1) is 34.5 Å². The van der Waals surface area contributed by atoms with Crippen molar-refractivity contribution in [3.63, 3.8) is 0 Å². The summed E-state index contributed by atoms with van der Waals surface area (Å²) >= 11 is 4.64. The van der Waals surface area contributed by atoms with E-state index in [0.29, 0.717) is 37.2 Å². The summed E-state index contributed by atoms with van der Waals surface area (Å²) < 4.78 is 5.29. The van der Waals surface area contributed by atoms with Crippen LogP contribution < -0.4 is 56.2 Å². The number of halogens is 1. The molecule has 0 spiro atoms. The number of nitrogens with two attached hydrogens (primary N) is 7. The highest BCUT2D eigenvalue weighted by Gasteiger charge is 2.34. The zero-order valence-corrected chi connectivity index (χ0v) is 55.6. The van der Waals surface area contributed by atoms with Crippen LogP contribution in [0.2, 0.25) is 0 Å². The van der Waals surface area contributed by atoms with Crippen LogP contribution in [0.25, 0.3) is 11.1 Å². The highest BCUT2D eigenvalue weighted by atomic mass is 35.5. The number of rotatable bonds is 27. The third-order valence-electron chi connectivity index (χ3n) is 13.6. The van der Waals surface area contributed by atoms with E-state index in [-0.39, 0.29) is 103 Å². The number of hydroxylamine groups is 1. The number of carbonyl (C=O) groups is 8. The highest BCUT2D eigenvalue weighted by Crippen LogP contribution is 2.44. The van der Waals surface area contributed by atoms with E-state index in [4.69, 9.17) is 60.9 Å². The second-order valence-electron chi connectivity index (χ2n) is 22.6. The summed E-state index contributed by atoms with van der Waals surface area (Å²) in [5.41, 5.74) is 48.7. The van der Waals surface area contributed by atoms with Crippen molar-refractivity contribution in [1.82, 2.24) is 16.1 Å². The number of ketones is 5. The molecule has 0 heterocycles. The van der Waals surface area contributed by atoms with Gasteiger partial charge in [-0.05, 0) is 117 Å². The molecule has 6 rings (SSSR count). The van der Waals surface area contributed by atoms with Gasteiger partial charge in [0.15, 0.2) is 17.7 Å². The number of amides is 2. The summed E-state index contributed by atoms with van der Waals surface area (Å²) in [6.45, 7) is 15.7. The number of benzene rings is 5. The van der Waals surface area contributed by atoms with Gasteiger partial charge in [0, 0.05) is 67.7 Å². The number of aliphatic imine (C=N–C) groups is 2. The topological polar surface area (TPSA) is 457 Å². The maximum atomic E-state index is 13.8. The molecule has 20 N–H and O–H groups in total. The molecule has 1 aliphatic rings. The molecular formula is C68H95ClN14O10. The van der Waals surface area contributed by atoms with Gasteiger partial charge in [-0.1, -0.05) is 137 Å². The van der Waals surface area contributed by atoms with Crippen LogP contribution in [-0.2, 0) is 62.6 Å². The summed E-state index contributed by atoms with van der Waals surface area (Å²) in [5, 5.41) is 29.5. The Labute approximate surface area is 550 Å². The van der Waals surface area contributed by atoms with Gasteiger partial charge in [0.1, 0.15) is 41.7 Å². The molecule has 0 saturated carbocycles. The predicted molar refractivity (Wildman–Crippen MR) is 367 cm³/mol. The van der Waals surface area contributed by atoms with E-state index in [1.54, 1.807) is 74.5 Å². The van der Waals surface area contributed by atoms with Crippen LogP contribution in [0.3, 0.4) is 0 Å². The Balaban J connectivity index is 0.000000769. The van der Waals surface area contributed by atoms with Crippen LogP contribution in [0.1, 0.15) is 133 Å². The van der Waals surface area contributed by atoms with E-state index < -0.39 is 41.6 Å². The van der Waals surface area contributed by atoms with Crippen molar-refractivity contribution >= 4 is 87.6 Å². The number of guanidine groups is 2. The average Bonchev–Trinajstić information content (AvgIpc) is 1.64. The molecule has 0 fully saturated rings. The van der Waals surface area contributed by atoms with Gasteiger partial charge in [-0.15, -0.1) is 11.6 Å². The lowest BCUT2D eigenvalue weighted by Gasteiger charge is -2.26. The van der Waals surface area contributed by atoms with Crippen LogP contribution in [-0.4, -0.2) is 107 Å². The van der Waals surface area contributed by atoms with E-state index in [1.807, 2.05) is 80.0 Å². The molecule has 4 atom stereocenters. The Morgan fingerprint density at radius 2 is 1.06 bits per heavy atom. The number of hydrogen-bond donors (Lipinski definition) is 13. The first-order chi connectivity index (χ1) is 43.9. The summed E-state index contributed by atoms with van der Waals surface area (Å²) in [7, 11) is 0. The second kappa shape index (κ2) is 43.3. The number of Topliss-reactive ketones (excluding diaryl/α,β-unsaturated/α-hetero) is 5. The lowest BCUT2D eigenvalue weighted by atomic mass is 9.87. The van der Waals surface area contributed by atoms with Crippen molar-refractivity contribution in [2.24, 2.45) is 73.8 Å². The number of hydrogen-bond acceptors (Lipinski definition) is 16. The maximum absolute atomic E-state index is 13.8. The van der Waals surface area contributed by atoms with Gasteiger partial charge in [0.25, 0.3) is 5.78 Å². The van der Waals surface area contributed by atoms with Crippen LogP contribution in [0.4, 0.5) is 5.69 Å². The van der Waals surface area contributed by atoms with Gasteiger partial charge in [0.05, 0.1) is 11.7 Å². The van der Waals surface area contributed by atoms with Gasteiger partial charge in [-0.3, -0.25) is 35.0 Å². The van der Waals surface area contributed by atoms with E-state index in [9.17, 15) is 38.4 Å². The molecule has 5 aromatic rings. The lowest BCUT2D eigenvalue weighted by molar-refractivity contribution is -0.156. The Morgan fingerprint density at radius 1 is 0.602 bits per heavy atom. The third-order valence-corrected chi connectivity index (χ3v) is 13.6. The van der Waals surface area contributed by atoms with Gasteiger partial charge >= 0.3 is 5.97 Å². The van der Waals surface area contributed by atoms with Crippen molar-refractivity contribution in [3.05, 3.63) is 160 Å². The molecule has 25 heteroatoms. The quantitative estimate of drug-likeness (QED) is 0.00508. The fraction of sp³-hybridized carbons (Fsp3) is 0.382. The first-order valence-electron chi connectivity index (χ1n) is 29.9. The van der Waals surface area contributed by atoms with Crippen molar-refractivity contribution in [2.45, 2.75) is 126 Å². The SMILES string of the molecule is CC(=O)C[C@H](CCCN=C(N)N)C(=O)N[C@H](C(=O)C[C@H](Cc1ccc(N=C(N)N)cc1)C(=O)NCc1ccc(C(=N)N)cc1)C(C)C.CC(C)=O.CC(C)=O.CC(C)[C@H](NO)C(=O)C(=O)OCC1c2ccccc2-c2ccccc21.CCl.N=C(N)c1ccc(CN)cc1. The number of carbonyl (C=O) groups excluding carboxylic acids is 8. The molecule has 5 aromatic carbocycles. The molecular weight excluding hydrogens is 1210 g/mol. The van der Waals surface area contributed by atoms with E-state index in [2.05, 4.69) is 32.2 Å². The Hall–Kier alpha value is -9.49. The first-order valence-corrected chi connectivity index (χ1v) is 30.7. The van der Waals surface area contributed by atoms with Gasteiger partial charge in [-0.2, -0.15) is 5.48 Å². The van der Waals surface area contributed by atoms with Gasteiger partial charge < -0.3 is 75.1 Å². The normalized spacial score (nSPS) is 11.9. The van der Waals surface area contributed by atoms with Crippen LogP contribution in [0.5, 0.6) is 0 Å². The van der Waals surface area contributed by atoms with Crippen LogP contribution >= 0.6 is 11.6 Å². The van der Waals surface area contributed by atoms with Crippen molar-refractivity contribution in [2.75, 3.05) is 19.5 Å². The minimum atomic E-state index is -0.962. The molecule has 0 unspecified atom stereocenters. The third kappa shape index (κ3) is 30.9. The lowest BCUT2D eigenvalue weighted by Crippen LogP contribution is -2.48. The molecule has 0 radical (unpaired) electrons. The van der Waals surface area contributed by atoms with Crippen molar-refractivity contribution < 1.29 is 48.3 Å². The summed E-state index contributed by atoms with van der Waals surface area (Å²) in [6, 6.07) is 35.4. The molecule has 0 aliphatic heterocycles. The average molecular weight is 1300 g/mol. The number of fused-ring (bicyclic) bond motifs is 3. The maximum Gasteiger partial charge on any atom is 0.376 e. The smallest absolute Gasteiger partial charge is 0.376 e. The minimum Gasteiger partial charge on any atom is -0.459 e. The summed E-state index contributed by atoms with van der Waals surface area (Å²) in [6.07, 6.45) is 2.41. The number of nitrogen functional groups attached to an aromatic ring is 2. The number of amidine groups is 2. The van der Waals surface area contributed by atoms with Crippen LogP contribution in [0.15, 0.2) is 131 Å². The molecule has 0 bridgehead atoms. The minimum absolute atomic E-state index is 0.0148. The molecule has 24 nitrogen and oxygen atoms in total. The number of nitrogens with zero attached hydrogens (tertiary/aromatic N) is 2. The Bertz CT molecular complexity index is 3250. The first kappa shape index (κ1) is 81.5. The highest BCUT2D eigenvalue weighted by molar-refractivity contribution is 6.35. The number of nitrogens with one attached hydrogen (secondary N) is 5. The van der Waals surface area contributed by atoms with Gasteiger partial charge in [0.2, 0.25) is 11.8 Å². The van der Waals surface area contributed by atoms with E-state index in [1.165, 1.54) is 41.0 Å². The van der Waals surface area contributed by atoms with Gasteiger partial charge in [-0.25, -0.2) is 9.79 Å². The summed E-state index contributed by atoms with van der Waals surface area (Å²) in [5.74, 6) is -4.72. The fourth-order valence-corrected chi connectivity index (χ4v) is 9.14. The number of alkyl halides is 1. The summed E-state index contributed by atoms with van der Waals surface area (Å²) in [4.78, 5) is 104. The molecule has 1 aliphatic carbocycles. The zero-order valence-electron chi connectivity index (χ0n) is 54.9. The standard InChI is InChI=1S/C33H48N10O4.C20H21NO4.C8H11N3.2C3H6O.CH3Cl/c1-19(2)28(43-31(47)24(15-20(3)44)5-4-14-40-32(36)37)27(45)17-25(16-21-8-12-26(13-9-21)42-33(38)39)30(46)41-18-22-6-10-23(11-7-22)29(34)35;1-12(2)18(21-24)19(22)20(23)25-11-17-15-9-5-3-7-13(15)14-8-4-6-10-16(14)17;9-5-6-1-3-7(4-2-6)8(10)11;2*1-3(2)4;1-2/h6-13,19,24-25,28H,4-5,14-18H2,1-3H3,(H3,34,35)(H,41,46)(H,43,47)(H4,36,37,40)(H4,38,39,42);3-10,12,17-18,21,24H,11H2,1-2H3;1-4H,5,9H2,(H3,10,11);2*1-2H3;1H3/t24-,25-,28-;18-;;;;/m00..../s1. The second-order valence-corrected chi connectivity index (χ2v) is 22.6. The fourth-order valence-electron chi connectivity index (χ4n) is 9.14. The Morgan fingerprint density at radius 3 is 1.48 bits per heavy atom. The number of esters is 1. The predicted octanol–water partition coefficient (Wildman–Crippen LogP) is 6.49.